The maximum atomic E-state index is 12.0. The highest BCUT2D eigenvalue weighted by atomic mass is 127. The third kappa shape index (κ3) is 5.61. The molecule has 2 N–H and O–H groups in total. The number of hydrogen-bond acceptors (Lipinski definition) is 4. The van der Waals surface area contributed by atoms with Crippen LogP contribution in [0.15, 0.2) is 4.99 Å². The molecule has 1 rings (SSSR count). The summed E-state index contributed by atoms with van der Waals surface area (Å²) in [6.07, 6.45) is 0. The zero-order chi connectivity index (χ0) is 15.4. The van der Waals surface area contributed by atoms with Gasteiger partial charge >= 0.3 is 0 Å². The maximum absolute atomic E-state index is 12.0. The number of aliphatic imine (C=N–C) groups is 1. The molecule has 1 aliphatic heterocycles. The van der Waals surface area contributed by atoms with Crippen LogP contribution in [0.4, 0.5) is 0 Å². The van der Waals surface area contributed by atoms with E-state index in [-0.39, 0.29) is 35.6 Å². The van der Waals surface area contributed by atoms with Gasteiger partial charge in [-0.25, -0.2) is 8.42 Å². The summed E-state index contributed by atoms with van der Waals surface area (Å²) >= 11 is 0. The van der Waals surface area contributed by atoms with Gasteiger partial charge in [-0.05, 0) is 13.8 Å². The molecule has 0 saturated carbocycles. The third-order valence-electron chi connectivity index (χ3n) is 3.34. The first-order chi connectivity index (χ1) is 9.19. The minimum absolute atomic E-state index is 0. The van der Waals surface area contributed by atoms with E-state index in [4.69, 9.17) is 0 Å². The lowest BCUT2D eigenvalue weighted by atomic mass is 10.2. The molecular formula is C12H25IN4O3S. The van der Waals surface area contributed by atoms with E-state index < -0.39 is 14.6 Å². The van der Waals surface area contributed by atoms with E-state index in [0.717, 1.165) is 0 Å². The van der Waals surface area contributed by atoms with Crippen molar-refractivity contribution in [2.24, 2.45) is 4.99 Å². The quantitative estimate of drug-likeness (QED) is 0.280. The average molecular weight is 432 g/mol. The molecule has 0 aromatic heterocycles. The zero-order valence-electron chi connectivity index (χ0n) is 13.0. The van der Waals surface area contributed by atoms with Crippen LogP contribution in [0.25, 0.3) is 0 Å². The molecule has 0 bridgehead atoms. The number of amides is 1. The second kappa shape index (κ2) is 8.16. The number of carbonyl (C=O) groups is 1. The SMILES string of the molecule is CN=C(NCCNC(C)=O)N1CCS(=O)(=O)C(C)(C)C1.I. The van der Waals surface area contributed by atoms with Crippen LogP contribution in [0.1, 0.15) is 20.8 Å². The Hall–Kier alpha value is -0.580. The molecule has 124 valence electrons. The van der Waals surface area contributed by atoms with Crippen molar-refractivity contribution in [1.82, 2.24) is 15.5 Å². The van der Waals surface area contributed by atoms with Gasteiger partial charge in [-0.2, -0.15) is 0 Å². The van der Waals surface area contributed by atoms with Gasteiger partial charge in [-0.15, -0.1) is 24.0 Å². The molecule has 0 aliphatic carbocycles. The molecule has 1 saturated heterocycles. The predicted molar refractivity (Wildman–Crippen MR) is 94.9 cm³/mol. The Kier molecular flexibility index (Phi) is 7.93. The molecule has 0 unspecified atom stereocenters. The first-order valence-electron chi connectivity index (χ1n) is 6.62. The monoisotopic (exact) mass is 432 g/mol. The number of hydrogen-bond donors (Lipinski definition) is 2. The van der Waals surface area contributed by atoms with E-state index >= 15 is 0 Å². The predicted octanol–water partition coefficient (Wildman–Crippen LogP) is -0.175. The number of halogens is 1. The fourth-order valence-corrected chi connectivity index (χ4v) is 3.44. The van der Waals surface area contributed by atoms with E-state index in [1.807, 2.05) is 4.90 Å². The van der Waals surface area contributed by atoms with Crippen LogP contribution in [0.3, 0.4) is 0 Å². The maximum Gasteiger partial charge on any atom is 0.216 e. The highest BCUT2D eigenvalue weighted by Crippen LogP contribution is 2.23. The average Bonchev–Trinajstić information content (AvgIpc) is 2.33. The van der Waals surface area contributed by atoms with Gasteiger partial charge in [0.2, 0.25) is 5.91 Å². The van der Waals surface area contributed by atoms with E-state index in [1.54, 1.807) is 20.9 Å². The normalized spacial score (nSPS) is 20.4. The van der Waals surface area contributed by atoms with Crippen LogP contribution in [0.2, 0.25) is 0 Å². The lowest BCUT2D eigenvalue weighted by Crippen LogP contribution is -2.57. The number of carbonyl (C=O) groups excluding carboxylic acids is 1. The molecule has 1 fully saturated rings. The standard InChI is InChI=1S/C12H24N4O3S.HI/c1-10(17)14-5-6-15-11(13-4)16-7-8-20(18,19)12(2,3)9-16;/h5-9H2,1-4H3,(H,13,15)(H,14,17);1H. The van der Waals surface area contributed by atoms with E-state index in [9.17, 15) is 13.2 Å². The summed E-state index contributed by atoms with van der Waals surface area (Å²) in [5.74, 6) is 0.720. The molecule has 1 aliphatic rings. The second-order valence-electron chi connectivity index (χ2n) is 5.46. The number of sulfone groups is 1. The Labute approximate surface area is 143 Å². The first-order valence-corrected chi connectivity index (χ1v) is 8.27. The van der Waals surface area contributed by atoms with Gasteiger partial charge in [0, 0.05) is 40.2 Å². The minimum atomic E-state index is -3.05. The molecule has 21 heavy (non-hydrogen) atoms. The fraction of sp³-hybridized carbons (Fsp3) is 0.833. The van der Waals surface area contributed by atoms with Gasteiger partial charge in [0.05, 0.1) is 10.5 Å². The number of rotatable bonds is 3. The van der Waals surface area contributed by atoms with Crippen molar-refractivity contribution in [3.8, 4) is 0 Å². The molecule has 0 aromatic rings. The first kappa shape index (κ1) is 20.4. The van der Waals surface area contributed by atoms with Crippen molar-refractivity contribution in [2.75, 3.05) is 39.0 Å². The van der Waals surface area contributed by atoms with Crippen molar-refractivity contribution in [3.63, 3.8) is 0 Å². The van der Waals surface area contributed by atoms with Crippen LogP contribution >= 0.6 is 24.0 Å². The lowest BCUT2D eigenvalue weighted by molar-refractivity contribution is -0.118. The fourth-order valence-electron chi connectivity index (χ4n) is 2.07. The van der Waals surface area contributed by atoms with Gasteiger partial charge < -0.3 is 15.5 Å². The van der Waals surface area contributed by atoms with Crippen molar-refractivity contribution >= 4 is 45.7 Å². The number of nitrogens with one attached hydrogen (secondary N) is 2. The summed E-state index contributed by atoms with van der Waals surface area (Å²) in [5.41, 5.74) is 0. The highest BCUT2D eigenvalue weighted by Gasteiger charge is 2.40. The Morgan fingerprint density at radius 2 is 1.86 bits per heavy atom. The molecule has 0 atom stereocenters. The van der Waals surface area contributed by atoms with Crippen LogP contribution in [0, 0.1) is 0 Å². The third-order valence-corrected chi connectivity index (χ3v) is 5.87. The van der Waals surface area contributed by atoms with E-state index in [2.05, 4.69) is 15.6 Å². The molecular weight excluding hydrogens is 407 g/mol. The summed E-state index contributed by atoms with van der Waals surface area (Å²) in [4.78, 5) is 16.9. The van der Waals surface area contributed by atoms with Gasteiger partial charge in [-0.3, -0.25) is 9.79 Å². The molecule has 0 spiro atoms. The Morgan fingerprint density at radius 3 is 2.33 bits per heavy atom. The summed E-state index contributed by atoms with van der Waals surface area (Å²) in [5, 5.41) is 5.81. The van der Waals surface area contributed by atoms with E-state index in [0.29, 0.717) is 32.1 Å². The molecule has 0 radical (unpaired) electrons. The smallest absolute Gasteiger partial charge is 0.216 e. The zero-order valence-corrected chi connectivity index (χ0v) is 16.1. The molecule has 1 amide bonds. The van der Waals surface area contributed by atoms with Gasteiger partial charge in [-0.1, -0.05) is 0 Å². The van der Waals surface area contributed by atoms with Crippen molar-refractivity contribution in [2.45, 2.75) is 25.5 Å². The largest absolute Gasteiger partial charge is 0.355 e. The van der Waals surface area contributed by atoms with Crippen LogP contribution in [0.5, 0.6) is 0 Å². The van der Waals surface area contributed by atoms with Crippen LogP contribution in [-0.4, -0.2) is 68.9 Å². The Balaban J connectivity index is 0.00000400. The molecule has 1 heterocycles. The molecule has 9 heteroatoms. The summed E-state index contributed by atoms with van der Waals surface area (Å²) in [6, 6.07) is 0. The Bertz CT molecular complexity index is 491. The number of guanidine groups is 1. The van der Waals surface area contributed by atoms with Crippen molar-refractivity contribution < 1.29 is 13.2 Å². The molecule has 7 nitrogen and oxygen atoms in total. The Morgan fingerprint density at radius 1 is 1.29 bits per heavy atom. The van der Waals surface area contributed by atoms with Crippen LogP contribution < -0.4 is 10.6 Å². The second-order valence-corrected chi connectivity index (χ2v) is 8.20. The van der Waals surface area contributed by atoms with Gasteiger partial charge in [0.1, 0.15) is 0 Å². The summed E-state index contributed by atoms with van der Waals surface area (Å²) in [7, 11) is -1.39. The lowest BCUT2D eigenvalue weighted by Gasteiger charge is -2.39. The summed E-state index contributed by atoms with van der Waals surface area (Å²) < 4.78 is 23.1. The van der Waals surface area contributed by atoms with E-state index in [1.165, 1.54) is 6.92 Å². The summed E-state index contributed by atoms with van der Waals surface area (Å²) in [6.45, 7) is 6.84. The topological polar surface area (TPSA) is 90.9 Å². The van der Waals surface area contributed by atoms with Crippen molar-refractivity contribution in [1.29, 1.82) is 0 Å². The highest BCUT2D eigenvalue weighted by molar-refractivity contribution is 14.0. The molecule has 0 aromatic carbocycles. The minimum Gasteiger partial charge on any atom is -0.355 e. The van der Waals surface area contributed by atoms with Crippen molar-refractivity contribution in [3.05, 3.63) is 0 Å². The van der Waals surface area contributed by atoms with Crippen LogP contribution in [-0.2, 0) is 14.6 Å². The van der Waals surface area contributed by atoms with Gasteiger partial charge in [0.25, 0.3) is 0 Å². The number of nitrogens with zero attached hydrogens (tertiary/aromatic N) is 2. The van der Waals surface area contributed by atoms with Gasteiger partial charge in [0.15, 0.2) is 15.8 Å².